The summed E-state index contributed by atoms with van der Waals surface area (Å²) in [6.07, 6.45) is 0. The second-order valence-corrected chi connectivity index (χ2v) is 19.8. The van der Waals surface area contributed by atoms with E-state index in [9.17, 15) is 21.6 Å². The predicted molar refractivity (Wildman–Crippen MR) is 202 cm³/mol. The Kier molecular flexibility index (Phi) is 8.40. The molecule has 0 aliphatic carbocycles. The van der Waals surface area contributed by atoms with Crippen molar-refractivity contribution in [1.29, 1.82) is 0 Å². The fourth-order valence-electron chi connectivity index (χ4n) is 6.94. The van der Waals surface area contributed by atoms with Gasteiger partial charge in [-0.15, -0.1) is 0 Å². The van der Waals surface area contributed by atoms with Crippen molar-refractivity contribution in [2.45, 2.75) is 25.1 Å². The molecule has 0 saturated heterocycles. The van der Waals surface area contributed by atoms with E-state index >= 15 is 0 Å². The van der Waals surface area contributed by atoms with Crippen LogP contribution in [0.3, 0.4) is 0 Å². The molecule has 250 valence electrons. The summed E-state index contributed by atoms with van der Waals surface area (Å²) in [7, 11) is -8.61. The molecule has 0 saturated carbocycles. The van der Waals surface area contributed by atoms with Gasteiger partial charge in [0.2, 0.25) is 0 Å². The Labute approximate surface area is 290 Å². The Bertz CT molecular complexity index is 2460. The normalized spacial score (nSPS) is 12.4. The van der Waals surface area contributed by atoms with E-state index in [1.165, 1.54) is 6.07 Å². The van der Waals surface area contributed by atoms with E-state index in [0.717, 1.165) is 60.7 Å². The van der Waals surface area contributed by atoms with Crippen molar-refractivity contribution in [2.24, 2.45) is 0 Å². The summed E-state index contributed by atoms with van der Waals surface area (Å²) in [4.78, 5) is 0. The van der Waals surface area contributed by atoms with E-state index in [1.54, 1.807) is 6.07 Å². The Hall–Kier alpha value is -5.18. The summed E-state index contributed by atoms with van der Waals surface area (Å²) < 4.78 is 71.5. The molecule has 8 heteroatoms. The lowest BCUT2D eigenvalue weighted by Gasteiger charge is -2.28. The fourth-order valence-corrected chi connectivity index (χ4v) is 9.38. The lowest BCUT2D eigenvalue weighted by molar-refractivity contribution is -0.0499. The maximum atomic E-state index is 13.8. The summed E-state index contributed by atoms with van der Waals surface area (Å²) in [6, 6.07) is 47.4. The molecule has 0 amide bonds. The van der Waals surface area contributed by atoms with Gasteiger partial charge in [0, 0.05) is 0 Å². The zero-order valence-corrected chi connectivity index (χ0v) is 29.4. The van der Waals surface area contributed by atoms with E-state index in [2.05, 4.69) is 42.5 Å². The lowest BCUT2D eigenvalue weighted by Crippen LogP contribution is -2.41. The zero-order valence-electron chi connectivity index (χ0n) is 27.6. The number of hydrogen-bond donors (Lipinski definition) is 0. The van der Waals surface area contributed by atoms with Gasteiger partial charge in [0.1, 0.15) is 5.75 Å². The van der Waals surface area contributed by atoms with Gasteiger partial charge >= 0.3 is 15.6 Å². The van der Waals surface area contributed by atoms with Gasteiger partial charge in [0.15, 0.2) is 0 Å². The van der Waals surface area contributed by atoms with Gasteiger partial charge in [0.05, 0.1) is 8.07 Å². The smallest absolute Gasteiger partial charge is 0.376 e. The number of halogens is 3. The molecule has 0 unspecified atom stereocenters. The molecule has 0 atom stereocenters. The Morgan fingerprint density at radius 2 is 0.900 bits per heavy atom. The molecule has 7 aromatic carbocycles. The molecule has 0 N–H and O–H groups in total. The highest BCUT2D eigenvalue weighted by atomic mass is 32.2. The van der Waals surface area contributed by atoms with Crippen LogP contribution >= 0.6 is 0 Å². The molecule has 0 aliphatic heterocycles. The Balaban J connectivity index is 1.82. The average molecular weight is 703 g/mol. The quantitative estimate of drug-likeness (QED) is 0.0719. The van der Waals surface area contributed by atoms with E-state index < -0.39 is 23.7 Å². The standard InChI is InChI=1S/C42H33F3O3SSi/c1-50(2,3)41-34(48-49(46,47)42(43,44)45)27-25-32-24-26-33-35(28-16-8-4-9-17-28)36(29-18-10-5-11-19-29)37(30-20-12-6-13-21-30)38(40(33)39(32)41)31-22-14-7-15-23-31/h4-27H,1-3H3. The van der Waals surface area contributed by atoms with Gasteiger partial charge in [-0.2, -0.15) is 21.6 Å². The second-order valence-electron chi connectivity index (χ2n) is 13.2. The van der Waals surface area contributed by atoms with Crippen molar-refractivity contribution in [2.75, 3.05) is 0 Å². The van der Waals surface area contributed by atoms with Crippen molar-refractivity contribution in [3.05, 3.63) is 146 Å². The molecule has 0 heterocycles. The van der Waals surface area contributed by atoms with Gasteiger partial charge in [-0.05, 0) is 77.3 Å². The van der Waals surface area contributed by atoms with Crippen LogP contribution in [0.2, 0.25) is 19.6 Å². The maximum absolute atomic E-state index is 13.8. The van der Waals surface area contributed by atoms with Crippen LogP contribution in [-0.4, -0.2) is 22.0 Å². The van der Waals surface area contributed by atoms with Crippen LogP contribution in [0.15, 0.2) is 146 Å². The first-order valence-corrected chi connectivity index (χ1v) is 21.1. The minimum atomic E-state index is -5.94. The number of benzene rings is 7. The van der Waals surface area contributed by atoms with Crippen molar-refractivity contribution in [3.63, 3.8) is 0 Å². The fraction of sp³-hybridized carbons (Fsp3) is 0.0952. The molecular formula is C42H33F3O3SSi. The summed E-state index contributed by atoms with van der Waals surface area (Å²) in [5.74, 6) is -0.296. The molecule has 0 aliphatic rings. The summed E-state index contributed by atoms with van der Waals surface area (Å²) in [5.41, 5.74) is 2.08. The third-order valence-corrected chi connectivity index (χ3v) is 11.9. The summed E-state index contributed by atoms with van der Waals surface area (Å²) >= 11 is 0. The van der Waals surface area contributed by atoms with Crippen LogP contribution in [0.5, 0.6) is 5.75 Å². The monoisotopic (exact) mass is 702 g/mol. The third kappa shape index (κ3) is 5.88. The second kappa shape index (κ2) is 12.6. The first-order chi connectivity index (χ1) is 23.9. The number of rotatable bonds is 7. The average Bonchev–Trinajstić information content (AvgIpc) is 3.10. The number of alkyl halides is 3. The van der Waals surface area contributed by atoms with E-state index in [0.29, 0.717) is 10.6 Å². The summed E-state index contributed by atoms with van der Waals surface area (Å²) in [6.45, 7) is 5.97. The topological polar surface area (TPSA) is 43.4 Å². The molecule has 0 spiro atoms. The highest BCUT2D eigenvalue weighted by Gasteiger charge is 2.49. The Morgan fingerprint density at radius 1 is 0.500 bits per heavy atom. The van der Waals surface area contributed by atoms with Gasteiger partial charge < -0.3 is 4.18 Å². The highest BCUT2D eigenvalue weighted by Crippen LogP contribution is 2.52. The SMILES string of the molecule is C[Si](C)(C)c1c(OS(=O)(=O)C(F)(F)F)ccc2ccc3c(-c4ccccc4)c(-c4ccccc4)c(-c4ccccc4)c(-c4ccccc4)c3c12. The molecule has 0 radical (unpaired) electrons. The van der Waals surface area contributed by atoms with Crippen molar-refractivity contribution < 1.29 is 25.8 Å². The number of hydrogen-bond acceptors (Lipinski definition) is 3. The van der Waals surface area contributed by atoms with E-state index in [-0.39, 0.29) is 5.75 Å². The van der Waals surface area contributed by atoms with Gasteiger partial charge in [-0.3, -0.25) is 0 Å². The van der Waals surface area contributed by atoms with Crippen LogP contribution in [-0.2, 0) is 10.1 Å². The first kappa shape index (κ1) is 33.3. The molecule has 0 aromatic heterocycles. The molecule has 0 fully saturated rings. The van der Waals surface area contributed by atoms with Crippen molar-refractivity contribution in [1.82, 2.24) is 0 Å². The third-order valence-electron chi connectivity index (χ3n) is 8.90. The van der Waals surface area contributed by atoms with Gasteiger partial charge in [-0.1, -0.05) is 159 Å². The van der Waals surface area contributed by atoms with Gasteiger partial charge in [-0.25, -0.2) is 0 Å². The van der Waals surface area contributed by atoms with Gasteiger partial charge in [0.25, 0.3) is 0 Å². The predicted octanol–water partition coefficient (Wildman–Crippen LogP) is 11.4. The van der Waals surface area contributed by atoms with Crippen molar-refractivity contribution >= 4 is 44.9 Å². The minimum absolute atomic E-state index is 0.296. The molecule has 50 heavy (non-hydrogen) atoms. The summed E-state index contributed by atoms with van der Waals surface area (Å²) in [5, 5.41) is 3.66. The van der Waals surface area contributed by atoms with E-state index in [4.69, 9.17) is 4.18 Å². The van der Waals surface area contributed by atoms with Crippen LogP contribution in [0, 0.1) is 0 Å². The lowest BCUT2D eigenvalue weighted by atomic mass is 9.78. The minimum Gasteiger partial charge on any atom is -0.376 e. The van der Waals surface area contributed by atoms with Crippen LogP contribution in [0.4, 0.5) is 13.2 Å². The molecule has 7 aromatic rings. The number of fused-ring (bicyclic) bond motifs is 3. The largest absolute Gasteiger partial charge is 0.534 e. The molecule has 0 bridgehead atoms. The zero-order chi connectivity index (χ0) is 35.3. The van der Waals surface area contributed by atoms with Crippen molar-refractivity contribution in [3.8, 4) is 50.3 Å². The van der Waals surface area contributed by atoms with Crippen LogP contribution in [0.1, 0.15) is 0 Å². The van der Waals surface area contributed by atoms with Crippen LogP contribution in [0.25, 0.3) is 66.1 Å². The first-order valence-electron chi connectivity index (χ1n) is 16.2. The maximum Gasteiger partial charge on any atom is 0.534 e. The molecule has 3 nitrogen and oxygen atoms in total. The van der Waals surface area contributed by atoms with E-state index in [1.807, 2.05) is 111 Å². The van der Waals surface area contributed by atoms with Crippen LogP contribution < -0.4 is 9.37 Å². The molecular weight excluding hydrogens is 670 g/mol. The highest BCUT2D eigenvalue weighted by molar-refractivity contribution is 7.88. The molecule has 7 rings (SSSR count). The Morgan fingerprint density at radius 3 is 1.34 bits per heavy atom.